The summed E-state index contributed by atoms with van der Waals surface area (Å²) in [6.45, 7) is 2.04. The van der Waals surface area contributed by atoms with E-state index in [1.165, 1.54) is 6.21 Å². The minimum atomic E-state index is -0.0605. The van der Waals surface area contributed by atoms with E-state index in [1.54, 1.807) is 18.4 Å². The van der Waals surface area contributed by atoms with Crippen LogP contribution in [0.5, 0.6) is 0 Å². The van der Waals surface area contributed by atoms with Gasteiger partial charge in [0.25, 0.3) is 0 Å². The Hall–Kier alpha value is -1.58. The summed E-state index contributed by atoms with van der Waals surface area (Å²) in [5, 5.41) is 3.75. The molecule has 4 nitrogen and oxygen atoms in total. The Bertz CT molecular complexity index is 291. The molecule has 1 heterocycles. The lowest BCUT2D eigenvalue weighted by molar-refractivity contribution is -0.121. The standard InChI is InChI=1S/C10H14N2O2/c1-2-3-6-10(13)12-11-8-9-5-4-7-14-9/h4-5,7-8H,2-3,6H2,1H3,(H,12,13)/b11-8+. The van der Waals surface area contributed by atoms with Crippen LogP contribution in [0.15, 0.2) is 27.9 Å². The zero-order valence-corrected chi connectivity index (χ0v) is 8.19. The highest BCUT2D eigenvalue weighted by Crippen LogP contribution is 1.95. The van der Waals surface area contributed by atoms with Gasteiger partial charge < -0.3 is 4.42 Å². The monoisotopic (exact) mass is 194 g/mol. The Morgan fingerprint density at radius 1 is 1.71 bits per heavy atom. The zero-order chi connectivity index (χ0) is 10.2. The van der Waals surface area contributed by atoms with E-state index in [0.717, 1.165) is 12.8 Å². The van der Waals surface area contributed by atoms with Gasteiger partial charge in [-0.25, -0.2) is 5.43 Å². The lowest BCUT2D eigenvalue weighted by Gasteiger charge is -1.96. The predicted molar refractivity (Wildman–Crippen MR) is 54.0 cm³/mol. The molecule has 0 spiro atoms. The molecule has 0 atom stereocenters. The number of hydrogen-bond acceptors (Lipinski definition) is 3. The molecule has 0 aliphatic rings. The third kappa shape index (κ3) is 3.89. The molecule has 1 aromatic rings. The number of nitrogens with one attached hydrogen (secondary N) is 1. The largest absolute Gasteiger partial charge is 0.463 e. The van der Waals surface area contributed by atoms with E-state index in [0.29, 0.717) is 12.2 Å². The van der Waals surface area contributed by atoms with Crippen LogP contribution in [-0.2, 0) is 4.79 Å². The van der Waals surface area contributed by atoms with E-state index in [1.807, 2.05) is 6.92 Å². The molecule has 14 heavy (non-hydrogen) atoms. The number of amides is 1. The van der Waals surface area contributed by atoms with Crippen LogP contribution in [-0.4, -0.2) is 12.1 Å². The number of carbonyl (C=O) groups excluding carboxylic acids is 1. The van der Waals surface area contributed by atoms with Crippen LogP contribution < -0.4 is 5.43 Å². The summed E-state index contributed by atoms with van der Waals surface area (Å²) >= 11 is 0. The molecule has 76 valence electrons. The van der Waals surface area contributed by atoms with Gasteiger partial charge in [0.2, 0.25) is 5.91 Å². The molecule has 0 saturated carbocycles. The predicted octanol–water partition coefficient (Wildman–Crippen LogP) is 1.92. The smallest absolute Gasteiger partial charge is 0.240 e. The molecule has 0 unspecified atom stereocenters. The first kappa shape index (κ1) is 10.5. The summed E-state index contributed by atoms with van der Waals surface area (Å²) < 4.78 is 5.00. The summed E-state index contributed by atoms with van der Waals surface area (Å²) in [7, 11) is 0. The van der Waals surface area contributed by atoms with Crippen LogP contribution in [0.25, 0.3) is 0 Å². The van der Waals surface area contributed by atoms with Crippen molar-refractivity contribution in [1.82, 2.24) is 5.43 Å². The molecule has 0 saturated heterocycles. The molecule has 0 aromatic carbocycles. The number of hydrogen-bond donors (Lipinski definition) is 1. The minimum absolute atomic E-state index is 0.0605. The molecule has 0 radical (unpaired) electrons. The number of rotatable bonds is 5. The first-order valence-electron chi connectivity index (χ1n) is 4.68. The maximum Gasteiger partial charge on any atom is 0.240 e. The van der Waals surface area contributed by atoms with Crippen molar-refractivity contribution in [2.75, 3.05) is 0 Å². The Morgan fingerprint density at radius 3 is 3.21 bits per heavy atom. The zero-order valence-electron chi connectivity index (χ0n) is 8.19. The quantitative estimate of drug-likeness (QED) is 0.575. The van der Waals surface area contributed by atoms with Crippen LogP contribution in [0.2, 0.25) is 0 Å². The van der Waals surface area contributed by atoms with Crippen LogP contribution in [0, 0.1) is 0 Å². The normalized spacial score (nSPS) is 10.6. The van der Waals surface area contributed by atoms with Crippen molar-refractivity contribution < 1.29 is 9.21 Å². The molecule has 0 aliphatic carbocycles. The average molecular weight is 194 g/mol. The van der Waals surface area contributed by atoms with Crippen LogP contribution in [0.4, 0.5) is 0 Å². The fourth-order valence-electron chi connectivity index (χ4n) is 0.926. The summed E-state index contributed by atoms with van der Waals surface area (Å²) in [5.41, 5.74) is 2.43. The minimum Gasteiger partial charge on any atom is -0.463 e. The van der Waals surface area contributed by atoms with Crippen molar-refractivity contribution in [1.29, 1.82) is 0 Å². The SMILES string of the molecule is CCCCC(=O)N/N=C/c1ccco1. The number of nitrogens with zero attached hydrogens (tertiary/aromatic N) is 1. The first-order valence-corrected chi connectivity index (χ1v) is 4.68. The van der Waals surface area contributed by atoms with Gasteiger partial charge in [0.15, 0.2) is 0 Å². The van der Waals surface area contributed by atoms with Crippen molar-refractivity contribution >= 4 is 12.1 Å². The van der Waals surface area contributed by atoms with Gasteiger partial charge in [-0.05, 0) is 18.6 Å². The molecule has 0 bridgehead atoms. The number of hydrazone groups is 1. The van der Waals surface area contributed by atoms with E-state index >= 15 is 0 Å². The van der Waals surface area contributed by atoms with Gasteiger partial charge in [-0.2, -0.15) is 5.10 Å². The Morgan fingerprint density at radius 2 is 2.57 bits per heavy atom. The second-order valence-electron chi connectivity index (χ2n) is 2.91. The van der Waals surface area contributed by atoms with Crippen LogP contribution >= 0.6 is 0 Å². The van der Waals surface area contributed by atoms with Crippen molar-refractivity contribution in [3.05, 3.63) is 24.2 Å². The maximum atomic E-state index is 11.1. The highest BCUT2D eigenvalue weighted by Gasteiger charge is 1.96. The second kappa shape index (κ2) is 5.96. The van der Waals surface area contributed by atoms with E-state index < -0.39 is 0 Å². The average Bonchev–Trinajstić information content (AvgIpc) is 2.67. The van der Waals surface area contributed by atoms with Gasteiger partial charge in [0.1, 0.15) is 5.76 Å². The fraction of sp³-hybridized carbons (Fsp3) is 0.400. The molecule has 0 aliphatic heterocycles. The van der Waals surface area contributed by atoms with Crippen molar-refractivity contribution in [3.63, 3.8) is 0 Å². The molecule has 4 heteroatoms. The molecular weight excluding hydrogens is 180 g/mol. The van der Waals surface area contributed by atoms with Crippen LogP contribution in [0.1, 0.15) is 31.9 Å². The lowest BCUT2D eigenvalue weighted by atomic mass is 10.2. The fourth-order valence-corrected chi connectivity index (χ4v) is 0.926. The Kier molecular flexibility index (Phi) is 4.47. The van der Waals surface area contributed by atoms with E-state index in [4.69, 9.17) is 4.42 Å². The third-order valence-electron chi connectivity index (χ3n) is 1.68. The molecule has 1 rings (SSSR count). The van der Waals surface area contributed by atoms with Crippen LogP contribution in [0.3, 0.4) is 0 Å². The highest BCUT2D eigenvalue weighted by molar-refractivity contribution is 5.80. The molecule has 1 N–H and O–H groups in total. The van der Waals surface area contributed by atoms with E-state index in [-0.39, 0.29) is 5.91 Å². The second-order valence-corrected chi connectivity index (χ2v) is 2.91. The van der Waals surface area contributed by atoms with Gasteiger partial charge in [0.05, 0.1) is 12.5 Å². The number of unbranched alkanes of at least 4 members (excludes halogenated alkanes) is 1. The number of furan rings is 1. The topological polar surface area (TPSA) is 54.6 Å². The summed E-state index contributed by atoms with van der Waals surface area (Å²) in [6, 6.07) is 3.53. The number of carbonyl (C=O) groups is 1. The van der Waals surface area contributed by atoms with Crippen molar-refractivity contribution in [3.8, 4) is 0 Å². The van der Waals surface area contributed by atoms with E-state index in [2.05, 4.69) is 10.5 Å². The summed E-state index contributed by atoms with van der Waals surface area (Å²) in [4.78, 5) is 11.1. The molecule has 1 amide bonds. The molecule has 1 aromatic heterocycles. The Balaban J connectivity index is 2.23. The van der Waals surface area contributed by atoms with Gasteiger partial charge >= 0.3 is 0 Å². The lowest BCUT2D eigenvalue weighted by Crippen LogP contribution is -2.16. The van der Waals surface area contributed by atoms with Crippen molar-refractivity contribution in [2.45, 2.75) is 26.2 Å². The van der Waals surface area contributed by atoms with Gasteiger partial charge in [-0.3, -0.25) is 4.79 Å². The van der Waals surface area contributed by atoms with Gasteiger partial charge in [-0.15, -0.1) is 0 Å². The van der Waals surface area contributed by atoms with Gasteiger partial charge in [-0.1, -0.05) is 13.3 Å². The third-order valence-corrected chi connectivity index (χ3v) is 1.68. The van der Waals surface area contributed by atoms with Crippen molar-refractivity contribution in [2.24, 2.45) is 5.10 Å². The van der Waals surface area contributed by atoms with Gasteiger partial charge in [0, 0.05) is 6.42 Å². The highest BCUT2D eigenvalue weighted by atomic mass is 16.3. The molecular formula is C10H14N2O2. The van der Waals surface area contributed by atoms with E-state index in [9.17, 15) is 4.79 Å². The first-order chi connectivity index (χ1) is 6.83. The Labute approximate surface area is 83.0 Å². The summed E-state index contributed by atoms with van der Waals surface area (Å²) in [5.74, 6) is 0.565. The summed E-state index contributed by atoms with van der Waals surface area (Å²) in [6.07, 6.45) is 5.45. The molecule has 0 fully saturated rings. The maximum absolute atomic E-state index is 11.1.